The van der Waals surface area contributed by atoms with Gasteiger partial charge in [-0.05, 0) is 30.5 Å². The fraction of sp³-hybridized carbons (Fsp3) is 0.467. The molecule has 1 atom stereocenters. The monoisotopic (exact) mass is 296 g/mol. The minimum absolute atomic E-state index is 0.146. The van der Waals surface area contributed by atoms with Gasteiger partial charge in [-0.25, -0.2) is 4.39 Å². The van der Waals surface area contributed by atoms with Crippen molar-refractivity contribution in [1.82, 2.24) is 10.6 Å². The molecule has 0 aliphatic heterocycles. The number of aliphatic hydroxyl groups is 1. The van der Waals surface area contributed by atoms with Crippen LogP contribution in [-0.4, -0.2) is 36.1 Å². The molecule has 1 rings (SSSR count). The zero-order valence-corrected chi connectivity index (χ0v) is 12.2. The molecule has 0 radical (unpaired) electrons. The van der Waals surface area contributed by atoms with Crippen LogP contribution in [0.1, 0.15) is 30.6 Å². The smallest absolute Gasteiger partial charge is 0.251 e. The van der Waals surface area contributed by atoms with Crippen LogP contribution in [0.15, 0.2) is 24.3 Å². The molecule has 0 spiro atoms. The second kappa shape index (κ2) is 8.36. The molecule has 6 heteroatoms. The number of nitrogens with one attached hydrogen (secondary N) is 2. The van der Waals surface area contributed by atoms with Crippen molar-refractivity contribution in [3.8, 4) is 0 Å². The molecule has 116 valence electrons. The molecule has 3 N–H and O–H groups in total. The Morgan fingerprint density at radius 1 is 1.29 bits per heavy atom. The summed E-state index contributed by atoms with van der Waals surface area (Å²) in [5, 5.41) is 14.5. The van der Waals surface area contributed by atoms with E-state index in [0.717, 1.165) is 6.07 Å². The van der Waals surface area contributed by atoms with E-state index in [9.17, 15) is 19.1 Å². The number of carbonyl (C=O) groups excluding carboxylic acids is 2. The third-order valence-electron chi connectivity index (χ3n) is 2.77. The van der Waals surface area contributed by atoms with E-state index in [1.54, 1.807) is 0 Å². The number of carbonyl (C=O) groups is 2. The molecule has 0 heterocycles. The summed E-state index contributed by atoms with van der Waals surface area (Å²) >= 11 is 0. The Kier molecular flexibility index (Phi) is 6.81. The fourth-order valence-corrected chi connectivity index (χ4v) is 1.81. The van der Waals surface area contributed by atoms with Gasteiger partial charge in [0.1, 0.15) is 5.82 Å². The standard InChI is InChI=1S/C15H21FN2O3/c1-10(2)6-13(19)8-17-14(20)9-18-15(21)11-4-3-5-12(16)7-11/h3-5,7,10,13,19H,6,8-9H2,1-2H3,(H,17,20)(H,18,21). The summed E-state index contributed by atoms with van der Waals surface area (Å²) in [4.78, 5) is 23.2. The Morgan fingerprint density at radius 3 is 2.62 bits per heavy atom. The maximum absolute atomic E-state index is 13.0. The Labute approximate surface area is 123 Å². The van der Waals surface area contributed by atoms with E-state index in [1.807, 2.05) is 13.8 Å². The van der Waals surface area contributed by atoms with Gasteiger partial charge in [0, 0.05) is 12.1 Å². The van der Waals surface area contributed by atoms with Crippen LogP contribution in [0.3, 0.4) is 0 Å². The van der Waals surface area contributed by atoms with Crippen LogP contribution >= 0.6 is 0 Å². The molecule has 1 unspecified atom stereocenters. The number of hydrogen-bond donors (Lipinski definition) is 3. The van der Waals surface area contributed by atoms with Crippen LogP contribution in [0.2, 0.25) is 0 Å². The highest BCUT2D eigenvalue weighted by Crippen LogP contribution is 2.03. The lowest BCUT2D eigenvalue weighted by Crippen LogP contribution is -2.40. The highest BCUT2D eigenvalue weighted by molar-refractivity contribution is 5.96. The van der Waals surface area contributed by atoms with Gasteiger partial charge in [-0.3, -0.25) is 9.59 Å². The SMILES string of the molecule is CC(C)CC(O)CNC(=O)CNC(=O)c1cccc(F)c1. The quantitative estimate of drug-likeness (QED) is 0.704. The lowest BCUT2D eigenvalue weighted by Gasteiger charge is -2.14. The van der Waals surface area contributed by atoms with Gasteiger partial charge in [0.2, 0.25) is 5.91 Å². The van der Waals surface area contributed by atoms with E-state index in [4.69, 9.17) is 0 Å². The third kappa shape index (κ3) is 6.85. The fourth-order valence-electron chi connectivity index (χ4n) is 1.81. The van der Waals surface area contributed by atoms with Gasteiger partial charge in [-0.1, -0.05) is 19.9 Å². The minimum Gasteiger partial charge on any atom is -0.391 e. The molecule has 0 saturated carbocycles. The van der Waals surface area contributed by atoms with Crippen molar-refractivity contribution in [1.29, 1.82) is 0 Å². The summed E-state index contributed by atoms with van der Waals surface area (Å²) in [6.45, 7) is 3.88. The zero-order valence-electron chi connectivity index (χ0n) is 12.2. The van der Waals surface area contributed by atoms with E-state index in [-0.39, 0.29) is 18.7 Å². The molecule has 21 heavy (non-hydrogen) atoms. The molecule has 0 aliphatic carbocycles. The summed E-state index contributed by atoms with van der Waals surface area (Å²) in [6, 6.07) is 5.22. The first-order valence-corrected chi connectivity index (χ1v) is 6.87. The molecule has 5 nitrogen and oxygen atoms in total. The van der Waals surface area contributed by atoms with E-state index < -0.39 is 23.7 Å². The molecule has 1 aromatic rings. The topological polar surface area (TPSA) is 78.4 Å². The predicted octanol–water partition coefficient (Wildman–Crippen LogP) is 1.08. The van der Waals surface area contributed by atoms with Crippen LogP contribution in [0, 0.1) is 11.7 Å². The Hall–Kier alpha value is -1.95. The first kappa shape index (κ1) is 17.1. The molecule has 2 amide bonds. The second-order valence-corrected chi connectivity index (χ2v) is 5.28. The molecule has 0 aromatic heterocycles. The average Bonchev–Trinajstić information content (AvgIpc) is 2.41. The summed E-state index contributed by atoms with van der Waals surface area (Å²) in [5.41, 5.74) is 0.155. The molecule has 0 aliphatic rings. The van der Waals surface area contributed by atoms with Crippen LogP contribution in [-0.2, 0) is 4.79 Å². The van der Waals surface area contributed by atoms with Gasteiger partial charge in [-0.2, -0.15) is 0 Å². The van der Waals surface area contributed by atoms with Crippen molar-refractivity contribution >= 4 is 11.8 Å². The van der Waals surface area contributed by atoms with Crippen molar-refractivity contribution in [2.45, 2.75) is 26.4 Å². The number of rotatable bonds is 7. The highest BCUT2D eigenvalue weighted by atomic mass is 19.1. The predicted molar refractivity (Wildman–Crippen MR) is 77.2 cm³/mol. The van der Waals surface area contributed by atoms with Crippen LogP contribution in [0.25, 0.3) is 0 Å². The molecular weight excluding hydrogens is 275 g/mol. The second-order valence-electron chi connectivity index (χ2n) is 5.28. The lowest BCUT2D eigenvalue weighted by molar-refractivity contribution is -0.120. The summed E-state index contributed by atoms with van der Waals surface area (Å²) in [5.74, 6) is -1.09. The van der Waals surface area contributed by atoms with Crippen molar-refractivity contribution in [3.63, 3.8) is 0 Å². The minimum atomic E-state index is -0.604. The van der Waals surface area contributed by atoms with E-state index in [1.165, 1.54) is 18.2 Å². The van der Waals surface area contributed by atoms with Crippen molar-refractivity contribution in [2.24, 2.45) is 5.92 Å². The first-order valence-electron chi connectivity index (χ1n) is 6.87. The molecule has 0 fully saturated rings. The summed E-state index contributed by atoms with van der Waals surface area (Å²) in [7, 11) is 0. The first-order chi connectivity index (χ1) is 9.88. The van der Waals surface area contributed by atoms with Crippen molar-refractivity contribution in [3.05, 3.63) is 35.6 Å². The molecular formula is C15H21FN2O3. The summed E-state index contributed by atoms with van der Waals surface area (Å²) < 4.78 is 13.0. The highest BCUT2D eigenvalue weighted by Gasteiger charge is 2.11. The summed E-state index contributed by atoms with van der Waals surface area (Å²) in [6.07, 6.45) is -0.0106. The third-order valence-corrected chi connectivity index (χ3v) is 2.77. The number of amides is 2. The number of benzene rings is 1. The van der Waals surface area contributed by atoms with E-state index in [0.29, 0.717) is 12.3 Å². The molecule has 1 aromatic carbocycles. The van der Waals surface area contributed by atoms with Gasteiger partial charge < -0.3 is 15.7 Å². The lowest BCUT2D eigenvalue weighted by atomic mass is 10.1. The zero-order chi connectivity index (χ0) is 15.8. The molecule has 0 saturated heterocycles. The Bertz CT molecular complexity index is 492. The molecule has 0 bridgehead atoms. The van der Waals surface area contributed by atoms with Gasteiger partial charge in [0.15, 0.2) is 0 Å². The maximum atomic E-state index is 13.0. The van der Waals surface area contributed by atoms with Gasteiger partial charge in [0.25, 0.3) is 5.91 Å². The van der Waals surface area contributed by atoms with Crippen LogP contribution in [0.5, 0.6) is 0 Å². The van der Waals surface area contributed by atoms with Crippen molar-refractivity contribution < 1.29 is 19.1 Å². The van der Waals surface area contributed by atoms with Crippen LogP contribution < -0.4 is 10.6 Å². The van der Waals surface area contributed by atoms with E-state index in [2.05, 4.69) is 10.6 Å². The van der Waals surface area contributed by atoms with Gasteiger partial charge in [-0.15, -0.1) is 0 Å². The Balaban J connectivity index is 2.31. The maximum Gasteiger partial charge on any atom is 0.251 e. The van der Waals surface area contributed by atoms with Gasteiger partial charge >= 0.3 is 0 Å². The largest absolute Gasteiger partial charge is 0.391 e. The van der Waals surface area contributed by atoms with E-state index >= 15 is 0 Å². The number of hydrogen-bond acceptors (Lipinski definition) is 3. The van der Waals surface area contributed by atoms with Crippen LogP contribution in [0.4, 0.5) is 4.39 Å². The van der Waals surface area contributed by atoms with Crippen molar-refractivity contribution in [2.75, 3.05) is 13.1 Å². The Morgan fingerprint density at radius 2 is 2.00 bits per heavy atom. The normalized spacial score (nSPS) is 12.0. The number of aliphatic hydroxyl groups excluding tert-OH is 1. The number of halogens is 1. The van der Waals surface area contributed by atoms with Gasteiger partial charge in [0.05, 0.1) is 12.6 Å². The average molecular weight is 296 g/mol.